The number of benzene rings is 1. The van der Waals surface area contributed by atoms with Gasteiger partial charge in [0.15, 0.2) is 0 Å². The van der Waals surface area contributed by atoms with E-state index in [4.69, 9.17) is 11.6 Å². The largest absolute Gasteiger partial charge is 0.230 e. The average Bonchev–Trinajstić information content (AvgIpc) is 2.35. The molecule has 0 aliphatic rings. The molecule has 0 aliphatic heterocycles. The molecule has 100 valence electrons. The van der Waals surface area contributed by atoms with E-state index in [0.29, 0.717) is 5.15 Å². The van der Waals surface area contributed by atoms with Crippen molar-refractivity contribution in [2.75, 3.05) is 0 Å². The minimum absolute atomic E-state index is 0.570. The van der Waals surface area contributed by atoms with Gasteiger partial charge in [-0.1, -0.05) is 47.9 Å². The van der Waals surface area contributed by atoms with Gasteiger partial charge < -0.3 is 0 Å². The predicted molar refractivity (Wildman–Crippen MR) is 81.9 cm³/mol. The number of hydrogen-bond acceptors (Lipinski definition) is 3. The van der Waals surface area contributed by atoms with E-state index < -0.39 is 0 Å². The van der Waals surface area contributed by atoms with Crippen molar-refractivity contribution in [1.82, 2.24) is 9.97 Å². The van der Waals surface area contributed by atoms with E-state index in [-0.39, 0.29) is 0 Å². The summed E-state index contributed by atoms with van der Waals surface area (Å²) in [4.78, 5) is 8.37. The van der Waals surface area contributed by atoms with Crippen molar-refractivity contribution in [2.45, 2.75) is 38.0 Å². The lowest BCUT2D eigenvalue weighted by atomic mass is 10.1. The summed E-state index contributed by atoms with van der Waals surface area (Å²) >= 11 is 7.82. The van der Waals surface area contributed by atoms with E-state index in [1.807, 2.05) is 0 Å². The number of rotatable bonds is 4. The van der Waals surface area contributed by atoms with Gasteiger partial charge in [-0.15, -0.1) is 11.8 Å². The molecule has 2 aromatic rings. The molecule has 0 N–H and O–H groups in total. The molecule has 4 heteroatoms. The van der Waals surface area contributed by atoms with Crippen LogP contribution in [0.5, 0.6) is 0 Å². The van der Waals surface area contributed by atoms with Crippen LogP contribution in [0.4, 0.5) is 0 Å². The number of nitrogens with zero attached hydrogens (tertiary/aromatic N) is 2. The Balaban J connectivity index is 2.16. The number of aryl methyl sites for hydroxylation is 2. The van der Waals surface area contributed by atoms with E-state index in [2.05, 4.69) is 48.9 Å². The standard InChI is InChI=1S/C15H17ClN2S/c1-4-13-14(16)17-9-18-15(13)19-8-12-6-10(2)5-11(3)7-12/h5-7,9H,4,8H2,1-3H3. The number of halogens is 1. The summed E-state index contributed by atoms with van der Waals surface area (Å²) in [5.74, 6) is 0.906. The maximum Gasteiger partial charge on any atom is 0.136 e. The summed E-state index contributed by atoms with van der Waals surface area (Å²) in [7, 11) is 0. The third-order valence-corrected chi connectivity index (χ3v) is 4.29. The van der Waals surface area contributed by atoms with Crippen LogP contribution in [0.2, 0.25) is 5.15 Å². The predicted octanol–water partition coefficient (Wildman–Crippen LogP) is 4.60. The normalized spacial score (nSPS) is 10.7. The van der Waals surface area contributed by atoms with Crippen LogP contribution in [-0.2, 0) is 12.2 Å². The summed E-state index contributed by atoms with van der Waals surface area (Å²) in [6.45, 7) is 6.33. The van der Waals surface area contributed by atoms with Gasteiger partial charge in [0.2, 0.25) is 0 Å². The highest BCUT2D eigenvalue weighted by molar-refractivity contribution is 7.98. The van der Waals surface area contributed by atoms with Gasteiger partial charge in [0, 0.05) is 11.3 Å². The minimum Gasteiger partial charge on any atom is -0.230 e. The molecule has 0 atom stereocenters. The second-order valence-electron chi connectivity index (χ2n) is 4.59. The zero-order valence-electron chi connectivity index (χ0n) is 11.4. The van der Waals surface area contributed by atoms with Crippen LogP contribution in [0.3, 0.4) is 0 Å². The summed E-state index contributed by atoms with van der Waals surface area (Å²) in [6.07, 6.45) is 2.39. The van der Waals surface area contributed by atoms with E-state index in [1.165, 1.54) is 23.0 Å². The Kier molecular flexibility index (Phi) is 4.83. The van der Waals surface area contributed by atoms with Crippen molar-refractivity contribution >= 4 is 23.4 Å². The molecule has 1 heterocycles. The SMILES string of the molecule is CCc1c(Cl)ncnc1SCc1cc(C)cc(C)c1. The molecule has 0 radical (unpaired) electrons. The third-order valence-electron chi connectivity index (χ3n) is 2.86. The van der Waals surface area contributed by atoms with Crippen molar-refractivity contribution in [3.63, 3.8) is 0 Å². The average molecular weight is 293 g/mol. The lowest BCUT2D eigenvalue weighted by Crippen LogP contribution is -1.94. The Hall–Kier alpha value is -1.06. The fourth-order valence-electron chi connectivity index (χ4n) is 2.10. The van der Waals surface area contributed by atoms with Crippen LogP contribution < -0.4 is 0 Å². The highest BCUT2D eigenvalue weighted by Gasteiger charge is 2.08. The van der Waals surface area contributed by atoms with Crippen molar-refractivity contribution in [3.05, 3.63) is 51.9 Å². The van der Waals surface area contributed by atoms with Gasteiger partial charge >= 0.3 is 0 Å². The van der Waals surface area contributed by atoms with Crippen molar-refractivity contribution in [1.29, 1.82) is 0 Å². The molecule has 0 saturated heterocycles. The zero-order chi connectivity index (χ0) is 13.8. The lowest BCUT2D eigenvalue weighted by molar-refractivity contribution is 0.944. The molecule has 0 amide bonds. The first kappa shape index (κ1) is 14.4. The number of aromatic nitrogens is 2. The first-order valence-electron chi connectivity index (χ1n) is 6.29. The molecule has 2 nitrogen and oxygen atoms in total. The van der Waals surface area contributed by atoms with Crippen LogP contribution in [0.15, 0.2) is 29.6 Å². The summed E-state index contributed by atoms with van der Waals surface area (Å²) < 4.78 is 0. The quantitative estimate of drug-likeness (QED) is 0.608. The summed E-state index contributed by atoms with van der Waals surface area (Å²) in [6, 6.07) is 6.62. The smallest absolute Gasteiger partial charge is 0.136 e. The van der Waals surface area contributed by atoms with Crippen LogP contribution in [0.1, 0.15) is 29.2 Å². The maximum absolute atomic E-state index is 6.10. The Bertz CT molecular complexity index is 564. The highest BCUT2D eigenvalue weighted by Crippen LogP contribution is 2.28. The molecule has 0 bridgehead atoms. The second kappa shape index (κ2) is 6.40. The van der Waals surface area contributed by atoms with Gasteiger partial charge in [-0.05, 0) is 25.8 Å². The molecule has 0 spiro atoms. The molecular weight excluding hydrogens is 276 g/mol. The Labute approximate surface area is 123 Å². The molecule has 0 aliphatic carbocycles. The Morgan fingerprint density at radius 2 is 1.79 bits per heavy atom. The van der Waals surface area contributed by atoms with Crippen molar-refractivity contribution in [3.8, 4) is 0 Å². The topological polar surface area (TPSA) is 25.8 Å². The number of thioether (sulfide) groups is 1. The van der Waals surface area contributed by atoms with Gasteiger partial charge in [0.05, 0.1) is 0 Å². The molecular formula is C15H17ClN2S. The second-order valence-corrected chi connectivity index (χ2v) is 5.91. The molecule has 1 aromatic heterocycles. The van der Waals surface area contributed by atoms with Crippen LogP contribution in [0, 0.1) is 13.8 Å². The van der Waals surface area contributed by atoms with E-state index in [9.17, 15) is 0 Å². The highest BCUT2D eigenvalue weighted by atomic mass is 35.5. The van der Waals surface area contributed by atoms with Gasteiger partial charge in [-0.3, -0.25) is 0 Å². The van der Waals surface area contributed by atoms with Crippen molar-refractivity contribution in [2.24, 2.45) is 0 Å². The molecule has 0 fully saturated rings. The lowest BCUT2D eigenvalue weighted by Gasteiger charge is -2.08. The van der Waals surface area contributed by atoms with Crippen LogP contribution >= 0.6 is 23.4 Å². The molecule has 19 heavy (non-hydrogen) atoms. The molecule has 1 aromatic carbocycles. The number of hydrogen-bond donors (Lipinski definition) is 0. The maximum atomic E-state index is 6.10. The van der Waals surface area contributed by atoms with E-state index in [0.717, 1.165) is 22.8 Å². The third kappa shape index (κ3) is 3.71. The first-order chi connectivity index (χ1) is 9.10. The molecule has 0 saturated carbocycles. The first-order valence-corrected chi connectivity index (χ1v) is 7.66. The fourth-order valence-corrected chi connectivity index (χ4v) is 3.43. The van der Waals surface area contributed by atoms with Gasteiger partial charge in [0.25, 0.3) is 0 Å². The molecule has 2 rings (SSSR count). The molecule has 0 unspecified atom stereocenters. The van der Waals surface area contributed by atoms with E-state index >= 15 is 0 Å². The van der Waals surface area contributed by atoms with Gasteiger partial charge in [-0.2, -0.15) is 0 Å². The van der Waals surface area contributed by atoms with Gasteiger partial charge in [-0.25, -0.2) is 9.97 Å². The fraction of sp³-hybridized carbons (Fsp3) is 0.333. The minimum atomic E-state index is 0.570. The monoisotopic (exact) mass is 292 g/mol. The zero-order valence-corrected chi connectivity index (χ0v) is 13.0. The van der Waals surface area contributed by atoms with Crippen molar-refractivity contribution < 1.29 is 0 Å². The van der Waals surface area contributed by atoms with Crippen LogP contribution in [0.25, 0.3) is 0 Å². The van der Waals surface area contributed by atoms with Gasteiger partial charge in [0.1, 0.15) is 16.5 Å². The summed E-state index contributed by atoms with van der Waals surface area (Å²) in [5.41, 5.74) is 4.96. The van der Waals surface area contributed by atoms with E-state index in [1.54, 1.807) is 11.8 Å². The Morgan fingerprint density at radius 3 is 2.42 bits per heavy atom. The Morgan fingerprint density at radius 1 is 1.11 bits per heavy atom. The summed E-state index contributed by atoms with van der Waals surface area (Å²) in [5, 5.41) is 1.56. The van der Waals surface area contributed by atoms with Crippen LogP contribution in [-0.4, -0.2) is 9.97 Å².